The molecule has 0 amide bonds. The molecular formula is C17H29FN2O. The van der Waals surface area contributed by atoms with Crippen LogP contribution in [0.2, 0.25) is 0 Å². The Morgan fingerprint density at radius 3 is 2.71 bits per heavy atom. The third-order valence-electron chi connectivity index (χ3n) is 3.44. The number of nitrogens with zero attached hydrogens (tertiary/aromatic N) is 1. The molecule has 1 aromatic rings. The summed E-state index contributed by atoms with van der Waals surface area (Å²) in [5.74, 6) is 0.494. The molecule has 0 bridgehead atoms. The molecule has 3 nitrogen and oxygen atoms in total. The summed E-state index contributed by atoms with van der Waals surface area (Å²) in [6.07, 6.45) is 0. The lowest BCUT2D eigenvalue weighted by atomic mass is 10.1. The molecule has 0 saturated heterocycles. The monoisotopic (exact) mass is 296 g/mol. The van der Waals surface area contributed by atoms with Crippen molar-refractivity contribution < 1.29 is 9.13 Å². The van der Waals surface area contributed by atoms with Crippen molar-refractivity contribution in [3.05, 3.63) is 35.1 Å². The fraction of sp³-hybridized carbons (Fsp3) is 0.647. The van der Waals surface area contributed by atoms with Crippen molar-refractivity contribution in [1.82, 2.24) is 10.2 Å². The standard InChI is InChI=1S/C17H29FN2O/c1-5-20(8-9-21-4)13-16-10-15(6-7-17(16)18)12-19-11-14(2)3/h6-7,10,14,19H,5,8-9,11-13H2,1-4H3. The Kier molecular flexibility index (Phi) is 8.50. The molecule has 0 aromatic heterocycles. The average molecular weight is 296 g/mol. The number of likely N-dealkylation sites (N-methyl/N-ethyl adjacent to an activating group) is 1. The molecular weight excluding hydrogens is 267 g/mol. The van der Waals surface area contributed by atoms with Gasteiger partial charge in [-0.15, -0.1) is 0 Å². The van der Waals surface area contributed by atoms with E-state index >= 15 is 0 Å². The fourth-order valence-corrected chi connectivity index (χ4v) is 2.17. The van der Waals surface area contributed by atoms with Crippen LogP contribution in [0.1, 0.15) is 31.9 Å². The summed E-state index contributed by atoms with van der Waals surface area (Å²) in [4.78, 5) is 2.19. The molecule has 4 heteroatoms. The van der Waals surface area contributed by atoms with Gasteiger partial charge in [-0.3, -0.25) is 4.90 Å². The van der Waals surface area contributed by atoms with E-state index in [9.17, 15) is 4.39 Å². The molecule has 0 aliphatic rings. The predicted octanol–water partition coefficient (Wildman–Crippen LogP) is 3.04. The van der Waals surface area contributed by atoms with Crippen molar-refractivity contribution in [3.8, 4) is 0 Å². The van der Waals surface area contributed by atoms with E-state index in [0.29, 0.717) is 19.1 Å². The Hall–Kier alpha value is -0.970. The van der Waals surface area contributed by atoms with Crippen LogP contribution >= 0.6 is 0 Å². The Labute approximate surface area is 128 Å². The van der Waals surface area contributed by atoms with E-state index in [-0.39, 0.29) is 5.82 Å². The second-order valence-electron chi connectivity index (χ2n) is 5.81. The Balaban J connectivity index is 2.63. The Morgan fingerprint density at radius 2 is 2.10 bits per heavy atom. The molecule has 0 radical (unpaired) electrons. The predicted molar refractivity (Wildman–Crippen MR) is 85.8 cm³/mol. The molecule has 1 rings (SSSR count). The topological polar surface area (TPSA) is 24.5 Å². The zero-order valence-corrected chi connectivity index (χ0v) is 13.8. The van der Waals surface area contributed by atoms with Gasteiger partial charge in [-0.1, -0.05) is 32.9 Å². The molecule has 0 fully saturated rings. The number of hydrogen-bond donors (Lipinski definition) is 1. The van der Waals surface area contributed by atoms with E-state index in [1.807, 2.05) is 12.1 Å². The number of rotatable bonds is 10. The summed E-state index contributed by atoms with van der Waals surface area (Å²) in [6, 6.07) is 5.40. The highest BCUT2D eigenvalue weighted by Gasteiger charge is 2.09. The number of benzene rings is 1. The highest BCUT2D eigenvalue weighted by atomic mass is 19.1. The second-order valence-corrected chi connectivity index (χ2v) is 5.81. The highest BCUT2D eigenvalue weighted by Crippen LogP contribution is 2.13. The minimum absolute atomic E-state index is 0.126. The maximum Gasteiger partial charge on any atom is 0.127 e. The van der Waals surface area contributed by atoms with Crippen LogP contribution in [0.4, 0.5) is 4.39 Å². The molecule has 0 heterocycles. The first-order chi connectivity index (χ1) is 10.1. The molecule has 0 atom stereocenters. The van der Waals surface area contributed by atoms with Gasteiger partial charge in [-0.05, 0) is 30.6 Å². The first kappa shape index (κ1) is 18.1. The number of nitrogens with one attached hydrogen (secondary N) is 1. The van der Waals surface area contributed by atoms with E-state index in [0.717, 1.165) is 37.3 Å². The zero-order valence-electron chi connectivity index (χ0n) is 13.8. The van der Waals surface area contributed by atoms with Crippen LogP contribution < -0.4 is 5.32 Å². The third kappa shape index (κ3) is 7.02. The maximum atomic E-state index is 14.0. The van der Waals surface area contributed by atoms with Gasteiger partial charge in [-0.2, -0.15) is 0 Å². The van der Waals surface area contributed by atoms with Crippen molar-refractivity contribution in [2.24, 2.45) is 5.92 Å². The summed E-state index contributed by atoms with van der Waals surface area (Å²) in [6.45, 7) is 11.2. The molecule has 0 aliphatic heterocycles. The first-order valence-electron chi connectivity index (χ1n) is 7.76. The Bertz CT molecular complexity index is 410. The summed E-state index contributed by atoms with van der Waals surface area (Å²) in [5.41, 5.74) is 1.90. The Morgan fingerprint density at radius 1 is 1.33 bits per heavy atom. The quantitative estimate of drug-likeness (QED) is 0.718. The number of ether oxygens (including phenoxy) is 1. The molecule has 120 valence electrons. The van der Waals surface area contributed by atoms with E-state index in [1.54, 1.807) is 13.2 Å². The summed E-state index contributed by atoms with van der Waals surface area (Å²) >= 11 is 0. The van der Waals surface area contributed by atoms with Gasteiger partial charge in [0.2, 0.25) is 0 Å². The third-order valence-corrected chi connectivity index (χ3v) is 3.44. The van der Waals surface area contributed by atoms with E-state index in [2.05, 4.69) is 31.0 Å². The maximum absolute atomic E-state index is 14.0. The molecule has 21 heavy (non-hydrogen) atoms. The lowest BCUT2D eigenvalue weighted by molar-refractivity contribution is 0.147. The number of methoxy groups -OCH3 is 1. The summed E-state index contributed by atoms with van der Waals surface area (Å²) in [5, 5.41) is 3.39. The fourth-order valence-electron chi connectivity index (χ4n) is 2.17. The summed E-state index contributed by atoms with van der Waals surface area (Å²) in [7, 11) is 1.69. The number of hydrogen-bond acceptors (Lipinski definition) is 3. The van der Waals surface area contributed by atoms with Gasteiger partial charge < -0.3 is 10.1 Å². The van der Waals surface area contributed by atoms with Gasteiger partial charge in [0, 0.05) is 32.3 Å². The van der Waals surface area contributed by atoms with E-state index in [4.69, 9.17) is 4.74 Å². The lowest BCUT2D eigenvalue weighted by Gasteiger charge is -2.20. The van der Waals surface area contributed by atoms with Crippen molar-refractivity contribution in [2.45, 2.75) is 33.9 Å². The van der Waals surface area contributed by atoms with Crippen LogP contribution in [0, 0.1) is 11.7 Å². The van der Waals surface area contributed by atoms with Crippen LogP contribution in [-0.4, -0.2) is 38.3 Å². The van der Waals surface area contributed by atoms with Crippen molar-refractivity contribution in [1.29, 1.82) is 0 Å². The van der Waals surface area contributed by atoms with Crippen LogP contribution in [0.5, 0.6) is 0 Å². The molecule has 0 saturated carbocycles. The highest BCUT2D eigenvalue weighted by molar-refractivity contribution is 5.25. The van der Waals surface area contributed by atoms with Crippen LogP contribution in [0.25, 0.3) is 0 Å². The number of halogens is 1. The molecule has 0 aliphatic carbocycles. The van der Waals surface area contributed by atoms with Crippen molar-refractivity contribution in [3.63, 3.8) is 0 Å². The molecule has 1 aromatic carbocycles. The van der Waals surface area contributed by atoms with Gasteiger partial charge in [0.05, 0.1) is 6.61 Å². The second kappa shape index (κ2) is 9.87. The smallest absolute Gasteiger partial charge is 0.127 e. The van der Waals surface area contributed by atoms with Crippen LogP contribution in [-0.2, 0) is 17.8 Å². The van der Waals surface area contributed by atoms with Gasteiger partial charge in [-0.25, -0.2) is 4.39 Å². The van der Waals surface area contributed by atoms with E-state index in [1.165, 1.54) is 0 Å². The van der Waals surface area contributed by atoms with Gasteiger partial charge in [0.1, 0.15) is 5.82 Å². The van der Waals surface area contributed by atoms with E-state index < -0.39 is 0 Å². The van der Waals surface area contributed by atoms with Crippen LogP contribution in [0.15, 0.2) is 18.2 Å². The minimum Gasteiger partial charge on any atom is -0.383 e. The molecule has 0 unspecified atom stereocenters. The van der Waals surface area contributed by atoms with Gasteiger partial charge in [0.15, 0.2) is 0 Å². The van der Waals surface area contributed by atoms with Gasteiger partial charge in [0.25, 0.3) is 0 Å². The van der Waals surface area contributed by atoms with Crippen molar-refractivity contribution in [2.75, 3.05) is 33.4 Å². The largest absolute Gasteiger partial charge is 0.383 e. The molecule has 1 N–H and O–H groups in total. The normalized spacial score (nSPS) is 11.6. The SMILES string of the molecule is CCN(CCOC)Cc1cc(CNCC(C)C)ccc1F. The van der Waals surface area contributed by atoms with Gasteiger partial charge >= 0.3 is 0 Å². The zero-order chi connectivity index (χ0) is 15.7. The average Bonchev–Trinajstić information content (AvgIpc) is 2.46. The van der Waals surface area contributed by atoms with Crippen LogP contribution in [0.3, 0.4) is 0 Å². The summed E-state index contributed by atoms with van der Waals surface area (Å²) < 4.78 is 19.1. The molecule has 0 spiro atoms. The first-order valence-corrected chi connectivity index (χ1v) is 7.76. The lowest BCUT2D eigenvalue weighted by Crippen LogP contribution is -2.27. The van der Waals surface area contributed by atoms with Crippen molar-refractivity contribution >= 4 is 0 Å². The minimum atomic E-state index is -0.126.